The number of ether oxygens (including phenoxy) is 1. The molecule has 2 heterocycles. The number of nitrogens with zero attached hydrogens (tertiary/aromatic N) is 1. The Balaban J connectivity index is 1.70. The van der Waals surface area contributed by atoms with Gasteiger partial charge in [-0.2, -0.15) is 0 Å². The molecule has 2 aliphatic rings. The van der Waals surface area contributed by atoms with Gasteiger partial charge in [0.1, 0.15) is 0 Å². The van der Waals surface area contributed by atoms with Gasteiger partial charge in [0, 0.05) is 13.1 Å². The molecule has 2 atom stereocenters. The summed E-state index contributed by atoms with van der Waals surface area (Å²) in [5.41, 5.74) is 0.0495. The minimum Gasteiger partial charge on any atom is -0.373 e. The summed E-state index contributed by atoms with van der Waals surface area (Å²) in [5, 5.41) is 3.53. The predicted octanol–water partition coefficient (Wildman–Crippen LogP) is 2.12. The van der Waals surface area contributed by atoms with E-state index in [-0.39, 0.29) is 5.60 Å². The van der Waals surface area contributed by atoms with Crippen LogP contribution < -0.4 is 5.32 Å². The molecule has 0 radical (unpaired) electrons. The Morgan fingerprint density at radius 1 is 1.44 bits per heavy atom. The molecule has 2 rings (SSSR count). The van der Waals surface area contributed by atoms with Gasteiger partial charge in [0.25, 0.3) is 0 Å². The largest absolute Gasteiger partial charge is 0.373 e. The summed E-state index contributed by atoms with van der Waals surface area (Å²) >= 11 is 0. The lowest BCUT2D eigenvalue weighted by Crippen LogP contribution is -2.48. The van der Waals surface area contributed by atoms with Gasteiger partial charge in [-0.25, -0.2) is 0 Å². The Morgan fingerprint density at radius 2 is 2.28 bits per heavy atom. The summed E-state index contributed by atoms with van der Waals surface area (Å²) < 4.78 is 5.77. The van der Waals surface area contributed by atoms with Crippen molar-refractivity contribution < 1.29 is 4.74 Å². The number of nitrogens with one attached hydrogen (secondary N) is 1. The van der Waals surface area contributed by atoms with Crippen LogP contribution in [0, 0.1) is 11.8 Å². The first-order valence-corrected chi connectivity index (χ1v) is 7.64. The van der Waals surface area contributed by atoms with Crippen LogP contribution in [0.25, 0.3) is 0 Å². The molecule has 0 aromatic heterocycles. The van der Waals surface area contributed by atoms with Crippen molar-refractivity contribution in [3.63, 3.8) is 0 Å². The summed E-state index contributed by atoms with van der Waals surface area (Å²) in [6.07, 6.45) is 4.12. The molecule has 3 heteroatoms. The summed E-state index contributed by atoms with van der Waals surface area (Å²) in [6.45, 7) is 13.6. The standard InChI is InChI=1S/C15H30N2O/c1-13(14-5-4-7-16-11-14)6-8-17-9-10-18-15(2,3)12-17/h13-14,16H,4-12H2,1-3H3. The maximum Gasteiger partial charge on any atom is 0.0753 e. The Bertz CT molecular complexity index is 249. The summed E-state index contributed by atoms with van der Waals surface area (Å²) in [4.78, 5) is 2.58. The van der Waals surface area contributed by atoms with E-state index in [0.29, 0.717) is 0 Å². The van der Waals surface area contributed by atoms with Crippen molar-refractivity contribution in [2.45, 2.75) is 45.6 Å². The molecular formula is C15H30N2O. The van der Waals surface area contributed by atoms with Gasteiger partial charge in [0.05, 0.1) is 12.2 Å². The maximum atomic E-state index is 5.77. The number of rotatable bonds is 4. The van der Waals surface area contributed by atoms with E-state index in [0.717, 1.165) is 31.5 Å². The molecule has 2 aliphatic heterocycles. The van der Waals surface area contributed by atoms with Crippen LogP contribution in [-0.4, -0.2) is 49.8 Å². The van der Waals surface area contributed by atoms with Crippen LogP contribution in [0.5, 0.6) is 0 Å². The molecule has 0 saturated carbocycles. The van der Waals surface area contributed by atoms with E-state index >= 15 is 0 Å². The lowest BCUT2D eigenvalue weighted by atomic mass is 9.85. The highest BCUT2D eigenvalue weighted by Gasteiger charge is 2.27. The zero-order valence-corrected chi connectivity index (χ0v) is 12.4. The second kappa shape index (κ2) is 6.36. The molecule has 1 N–H and O–H groups in total. The van der Waals surface area contributed by atoms with Gasteiger partial charge < -0.3 is 10.1 Å². The molecule has 2 saturated heterocycles. The number of piperidine rings is 1. The summed E-state index contributed by atoms with van der Waals surface area (Å²) in [6, 6.07) is 0. The average molecular weight is 254 g/mol. The second-order valence-electron chi connectivity index (χ2n) is 6.76. The minimum atomic E-state index is 0.0495. The molecule has 2 fully saturated rings. The number of morpholine rings is 1. The fraction of sp³-hybridized carbons (Fsp3) is 1.00. The molecular weight excluding hydrogens is 224 g/mol. The van der Waals surface area contributed by atoms with Crippen molar-refractivity contribution in [3.8, 4) is 0 Å². The lowest BCUT2D eigenvalue weighted by molar-refractivity contribution is -0.0870. The smallest absolute Gasteiger partial charge is 0.0753 e. The fourth-order valence-electron chi connectivity index (χ4n) is 3.29. The van der Waals surface area contributed by atoms with Crippen molar-refractivity contribution in [3.05, 3.63) is 0 Å². The highest BCUT2D eigenvalue weighted by atomic mass is 16.5. The number of hydrogen-bond acceptors (Lipinski definition) is 3. The van der Waals surface area contributed by atoms with E-state index in [2.05, 4.69) is 31.0 Å². The highest BCUT2D eigenvalue weighted by molar-refractivity contribution is 4.80. The van der Waals surface area contributed by atoms with E-state index in [9.17, 15) is 0 Å². The Kier molecular flexibility index (Phi) is 5.05. The highest BCUT2D eigenvalue weighted by Crippen LogP contribution is 2.24. The molecule has 18 heavy (non-hydrogen) atoms. The molecule has 2 unspecified atom stereocenters. The van der Waals surface area contributed by atoms with Gasteiger partial charge >= 0.3 is 0 Å². The minimum absolute atomic E-state index is 0.0495. The lowest BCUT2D eigenvalue weighted by Gasteiger charge is -2.39. The first kappa shape index (κ1) is 14.3. The maximum absolute atomic E-state index is 5.77. The van der Waals surface area contributed by atoms with E-state index < -0.39 is 0 Å². The van der Waals surface area contributed by atoms with Gasteiger partial charge in [0.15, 0.2) is 0 Å². The predicted molar refractivity (Wildman–Crippen MR) is 75.8 cm³/mol. The van der Waals surface area contributed by atoms with E-state index in [4.69, 9.17) is 4.74 Å². The Hall–Kier alpha value is -0.120. The molecule has 106 valence electrons. The van der Waals surface area contributed by atoms with Crippen molar-refractivity contribution >= 4 is 0 Å². The monoisotopic (exact) mass is 254 g/mol. The van der Waals surface area contributed by atoms with Crippen LogP contribution in [0.4, 0.5) is 0 Å². The van der Waals surface area contributed by atoms with E-state index in [1.807, 2.05) is 0 Å². The summed E-state index contributed by atoms with van der Waals surface area (Å²) in [5.74, 6) is 1.75. The molecule has 0 aromatic carbocycles. The van der Waals surface area contributed by atoms with Crippen molar-refractivity contribution in [1.29, 1.82) is 0 Å². The fourth-order valence-corrected chi connectivity index (χ4v) is 3.29. The Morgan fingerprint density at radius 3 is 2.94 bits per heavy atom. The quantitative estimate of drug-likeness (QED) is 0.832. The van der Waals surface area contributed by atoms with Crippen LogP contribution in [0.3, 0.4) is 0 Å². The average Bonchev–Trinajstić information content (AvgIpc) is 2.36. The van der Waals surface area contributed by atoms with E-state index in [1.165, 1.54) is 38.9 Å². The Labute approximate surface area is 112 Å². The van der Waals surface area contributed by atoms with Gasteiger partial charge in [-0.15, -0.1) is 0 Å². The third-order valence-electron chi connectivity index (χ3n) is 4.55. The van der Waals surface area contributed by atoms with Crippen LogP contribution in [0.15, 0.2) is 0 Å². The third kappa shape index (κ3) is 4.22. The first-order valence-electron chi connectivity index (χ1n) is 7.64. The molecule has 0 aromatic rings. The van der Waals surface area contributed by atoms with Crippen molar-refractivity contribution in [2.24, 2.45) is 11.8 Å². The van der Waals surface area contributed by atoms with Gasteiger partial charge in [-0.05, 0) is 64.6 Å². The second-order valence-corrected chi connectivity index (χ2v) is 6.76. The number of hydrogen-bond donors (Lipinski definition) is 1. The van der Waals surface area contributed by atoms with Crippen LogP contribution in [-0.2, 0) is 4.74 Å². The van der Waals surface area contributed by atoms with Gasteiger partial charge in [0.2, 0.25) is 0 Å². The zero-order valence-electron chi connectivity index (χ0n) is 12.4. The van der Waals surface area contributed by atoms with Gasteiger partial charge in [-0.3, -0.25) is 4.90 Å². The normalized spacial score (nSPS) is 31.2. The molecule has 3 nitrogen and oxygen atoms in total. The molecule has 0 amide bonds. The van der Waals surface area contributed by atoms with Crippen LogP contribution >= 0.6 is 0 Å². The van der Waals surface area contributed by atoms with Crippen LogP contribution in [0.1, 0.15) is 40.0 Å². The summed E-state index contributed by atoms with van der Waals surface area (Å²) in [7, 11) is 0. The molecule has 0 bridgehead atoms. The molecule has 0 spiro atoms. The third-order valence-corrected chi connectivity index (χ3v) is 4.55. The van der Waals surface area contributed by atoms with Crippen molar-refractivity contribution in [1.82, 2.24) is 10.2 Å². The topological polar surface area (TPSA) is 24.5 Å². The first-order chi connectivity index (χ1) is 8.57. The molecule has 0 aliphatic carbocycles. The SMILES string of the molecule is CC(CCN1CCOC(C)(C)C1)C1CCCNC1. The van der Waals surface area contributed by atoms with Crippen molar-refractivity contribution in [2.75, 3.05) is 39.3 Å². The van der Waals surface area contributed by atoms with Crippen LogP contribution in [0.2, 0.25) is 0 Å². The zero-order chi connectivity index (χ0) is 13.0. The van der Waals surface area contributed by atoms with E-state index in [1.54, 1.807) is 0 Å². The van der Waals surface area contributed by atoms with Gasteiger partial charge in [-0.1, -0.05) is 6.92 Å².